The maximum Gasteiger partial charge on any atom is 0.410 e. The SMILES string of the molecule is O=C(OCc1ccccc1)N1CCC1CO. The molecule has 1 aromatic carbocycles. The van der Waals surface area contributed by atoms with Crippen molar-refractivity contribution in [3.8, 4) is 0 Å². The summed E-state index contributed by atoms with van der Waals surface area (Å²) in [5, 5.41) is 8.94. The van der Waals surface area contributed by atoms with Crippen LogP contribution in [0.15, 0.2) is 30.3 Å². The van der Waals surface area contributed by atoms with Crippen molar-refractivity contribution in [3.63, 3.8) is 0 Å². The summed E-state index contributed by atoms with van der Waals surface area (Å²) in [7, 11) is 0. The first-order chi connectivity index (χ1) is 7.81. The first-order valence-electron chi connectivity index (χ1n) is 5.39. The Bertz CT molecular complexity index is 351. The van der Waals surface area contributed by atoms with Crippen LogP contribution in [0.4, 0.5) is 4.79 Å². The number of aliphatic hydroxyl groups is 1. The van der Waals surface area contributed by atoms with E-state index in [0.29, 0.717) is 6.54 Å². The van der Waals surface area contributed by atoms with Gasteiger partial charge in [0.2, 0.25) is 0 Å². The van der Waals surface area contributed by atoms with Gasteiger partial charge in [-0.3, -0.25) is 0 Å². The number of hydrogen-bond acceptors (Lipinski definition) is 3. The molecule has 1 saturated heterocycles. The number of nitrogens with zero attached hydrogens (tertiary/aromatic N) is 1. The molecule has 1 fully saturated rings. The van der Waals surface area contributed by atoms with Gasteiger partial charge in [-0.25, -0.2) is 4.79 Å². The normalized spacial score (nSPS) is 19.1. The van der Waals surface area contributed by atoms with E-state index >= 15 is 0 Å². The van der Waals surface area contributed by atoms with E-state index in [1.807, 2.05) is 30.3 Å². The molecule has 0 aromatic heterocycles. The molecule has 1 N–H and O–H groups in total. The van der Waals surface area contributed by atoms with Crippen molar-refractivity contribution in [2.24, 2.45) is 0 Å². The van der Waals surface area contributed by atoms with E-state index in [0.717, 1.165) is 12.0 Å². The fraction of sp³-hybridized carbons (Fsp3) is 0.417. The van der Waals surface area contributed by atoms with Crippen molar-refractivity contribution in [2.75, 3.05) is 13.2 Å². The lowest BCUT2D eigenvalue weighted by Gasteiger charge is -2.38. The lowest BCUT2D eigenvalue weighted by molar-refractivity contribution is 0.0214. The smallest absolute Gasteiger partial charge is 0.410 e. The van der Waals surface area contributed by atoms with Gasteiger partial charge in [0.05, 0.1) is 12.6 Å². The molecule has 1 unspecified atom stereocenters. The lowest BCUT2D eigenvalue weighted by Crippen LogP contribution is -2.53. The van der Waals surface area contributed by atoms with Crippen LogP contribution in [0.25, 0.3) is 0 Å². The van der Waals surface area contributed by atoms with Gasteiger partial charge in [-0.2, -0.15) is 0 Å². The zero-order chi connectivity index (χ0) is 11.4. The topological polar surface area (TPSA) is 49.8 Å². The van der Waals surface area contributed by atoms with Crippen molar-refractivity contribution in [2.45, 2.75) is 19.1 Å². The highest BCUT2D eigenvalue weighted by Gasteiger charge is 2.32. The molecule has 1 aromatic rings. The van der Waals surface area contributed by atoms with Crippen molar-refractivity contribution >= 4 is 6.09 Å². The predicted octanol–water partition coefficient (Wildman–Crippen LogP) is 1.39. The number of amides is 1. The maximum atomic E-state index is 11.6. The summed E-state index contributed by atoms with van der Waals surface area (Å²) in [5.74, 6) is 0. The Morgan fingerprint density at radius 1 is 1.44 bits per heavy atom. The number of benzene rings is 1. The van der Waals surface area contributed by atoms with Gasteiger partial charge >= 0.3 is 6.09 Å². The molecule has 1 aliphatic rings. The third-order valence-corrected chi connectivity index (χ3v) is 2.79. The van der Waals surface area contributed by atoms with Gasteiger partial charge in [0, 0.05) is 6.54 Å². The summed E-state index contributed by atoms with van der Waals surface area (Å²) in [6.45, 7) is 0.980. The Balaban J connectivity index is 1.80. The molecule has 0 aliphatic carbocycles. The average Bonchev–Trinajstić information content (AvgIpc) is 2.27. The summed E-state index contributed by atoms with van der Waals surface area (Å²) in [4.78, 5) is 13.1. The van der Waals surface area contributed by atoms with Gasteiger partial charge in [-0.15, -0.1) is 0 Å². The molecule has 0 spiro atoms. The molecule has 1 atom stereocenters. The minimum Gasteiger partial charge on any atom is -0.445 e. The fourth-order valence-corrected chi connectivity index (χ4v) is 1.67. The van der Waals surface area contributed by atoms with Gasteiger partial charge in [0.15, 0.2) is 0 Å². The average molecular weight is 221 g/mol. The number of carbonyl (C=O) groups is 1. The van der Waals surface area contributed by atoms with Gasteiger partial charge < -0.3 is 14.7 Å². The van der Waals surface area contributed by atoms with Crippen LogP contribution in [-0.4, -0.2) is 35.3 Å². The molecule has 4 nitrogen and oxygen atoms in total. The Morgan fingerprint density at radius 2 is 2.19 bits per heavy atom. The number of ether oxygens (including phenoxy) is 1. The third-order valence-electron chi connectivity index (χ3n) is 2.79. The molecule has 4 heteroatoms. The first kappa shape index (κ1) is 11.0. The van der Waals surface area contributed by atoms with Gasteiger partial charge in [0.1, 0.15) is 6.61 Å². The van der Waals surface area contributed by atoms with Crippen molar-refractivity contribution in [3.05, 3.63) is 35.9 Å². The standard InChI is InChI=1S/C12H15NO3/c14-8-11-6-7-13(11)12(15)16-9-10-4-2-1-3-5-10/h1-5,11,14H,6-9H2. The van der Waals surface area contributed by atoms with Crippen molar-refractivity contribution < 1.29 is 14.6 Å². The van der Waals surface area contributed by atoms with E-state index in [9.17, 15) is 4.79 Å². The maximum absolute atomic E-state index is 11.6. The molecular formula is C12H15NO3. The van der Waals surface area contributed by atoms with E-state index in [2.05, 4.69) is 0 Å². The number of aliphatic hydroxyl groups excluding tert-OH is 1. The second-order valence-corrected chi connectivity index (χ2v) is 3.86. The van der Waals surface area contributed by atoms with Crippen molar-refractivity contribution in [1.82, 2.24) is 4.90 Å². The summed E-state index contributed by atoms with van der Waals surface area (Å²) in [6, 6.07) is 9.50. The molecule has 0 saturated carbocycles. The summed E-state index contributed by atoms with van der Waals surface area (Å²) in [6.07, 6.45) is 0.519. The summed E-state index contributed by atoms with van der Waals surface area (Å²) in [5.41, 5.74) is 0.969. The largest absolute Gasteiger partial charge is 0.445 e. The highest BCUT2D eigenvalue weighted by molar-refractivity contribution is 5.69. The lowest BCUT2D eigenvalue weighted by atomic mass is 10.1. The van der Waals surface area contributed by atoms with Gasteiger partial charge in [-0.05, 0) is 12.0 Å². The molecule has 1 aliphatic heterocycles. The number of carbonyl (C=O) groups excluding carboxylic acids is 1. The summed E-state index contributed by atoms with van der Waals surface area (Å²) < 4.78 is 5.14. The van der Waals surface area contributed by atoms with Crippen LogP contribution in [0.1, 0.15) is 12.0 Å². The molecular weight excluding hydrogens is 206 g/mol. The highest BCUT2D eigenvalue weighted by atomic mass is 16.6. The van der Waals surface area contributed by atoms with Crippen LogP contribution >= 0.6 is 0 Å². The van der Waals surface area contributed by atoms with Gasteiger partial charge in [-0.1, -0.05) is 30.3 Å². The molecule has 1 amide bonds. The van der Waals surface area contributed by atoms with E-state index < -0.39 is 0 Å². The summed E-state index contributed by atoms with van der Waals surface area (Å²) >= 11 is 0. The minimum atomic E-state index is -0.339. The number of likely N-dealkylation sites (tertiary alicyclic amines) is 1. The third kappa shape index (κ3) is 2.33. The van der Waals surface area contributed by atoms with Crippen LogP contribution in [0, 0.1) is 0 Å². The van der Waals surface area contributed by atoms with E-state index in [4.69, 9.17) is 9.84 Å². The fourth-order valence-electron chi connectivity index (χ4n) is 1.67. The molecule has 2 rings (SSSR count). The monoisotopic (exact) mass is 221 g/mol. The second-order valence-electron chi connectivity index (χ2n) is 3.86. The molecule has 0 radical (unpaired) electrons. The van der Waals surface area contributed by atoms with Crippen LogP contribution < -0.4 is 0 Å². The number of hydrogen-bond donors (Lipinski definition) is 1. The Kier molecular flexibility index (Phi) is 3.41. The molecule has 16 heavy (non-hydrogen) atoms. The number of rotatable bonds is 3. The zero-order valence-electron chi connectivity index (χ0n) is 9.00. The van der Waals surface area contributed by atoms with E-state index in [-0.39, 0.29) is 25.3 Å². The zero-order valence-corrected chi connectivity index (χ0v) is 9.00. The molecule has 86 valence electrons. The highest BCUT2D eigenvalue weighted by Crippen LogP contribution is 2.18. The first-order valence-corrected chi connectivity index (χ1v) is 5.39. The minimum absolute atomic E-state index is 0.0143. The van der Waals surface area contributed by atoms with Gasteiger partial charge in [0.25, 0.3) is 0 Å². The Hall–Kier alpha value is -1.55. The van der Waals surface area contributed by atoms with Crippen LogP contribution in [-0.2, 0) is 11.3 Å². The molecule has 0 bridgehead atoms. The molecule has 1 heterocycles. The predicted molar refractivity (Wildman–Crippen MR) is 58.8 cm³/mol. The Labute approximate surface area is 94.4 Å². The van der Waals surface area contributed by atoms with Crippen LogP contribution in [0.3, 0.4) is 0 Å². The van der Waals surface area contributed by atoms with Crippen LogP contribution in [0.5, 0.6) is 0 Å². The quantitative estimate of drug-likeness (QED) is 0.839. The second kappa shape index (κ2) is 4.99. The van der Waals surface area contributed by atoms with E-state index in [1.54, 1.807) is 4.90 Å². The van der Waals surface area contributed by atoms with E-state index in [1.165, 1.54) is 0 Å². The van der Waals surface area contributed by atoms with Crippen molar-refractivity contribution in [1.29, 1.82) is 0 Å². The Morgan fingerprint density at radius 3 is 2.75 bits per heavy atom. The van der Waals surface area contributed by atoms with Crippen LogP contribution in [0.2, 0.25) is 0 Å².